The highest BCUT2D eigenvalue weighted by Gasteiger charge is 2.26. The Hall–Kier alpha value is -4.08. The molecule has 3 rings (SSSR count). The molecule has 0 spiro atoms. The van der Waals surface area contributed by atoms with Crippen molar-refractivity contribution in [2.75, 3.05) is 0 Å². The van der Waals surface area contributed by atoms with Crippen molar-refractivity contribution in [3.63, 3.8) is 0 Å². The SMILES string of the molecule is CC(=O)NNC(=O)c1c(-c2ccccn2)c(C(C)NC(=O)O)nc2ccc(F)cc12. The van der Waals surface area contributed by atoms with Crippen LogP contribution >= 0.6 is 0 Å². The van der Waals surface area contributed by atoms with E-state index in [1.807, 2.05) is 0 Å². The van der Waals surface area contributed by atoms with Crippen molar-refractivity contribution in [3.8, 4) is 11.3 Å². The molecule has 4 N–H and O–H groups in total. The Labute approximate surface area is 170 Å². The van der Waals surface area contributed by atoms with Gasteiger partial charge in [-0.05, 0) is 37.3 Å². The van der Waals surface area contributed by atoms with Gasteiger partial charge in [0.15, 0.2) is 0 Å². The molecule has 3 aromatic rings. The number of carbonyl (C=O) groups is 3. The number of fused-ring (bicyclic) bond motifs is 1. The average Bonchev–Trinajstić information content (AvgIpc) is 2.70. The minimum absolute atomic E-state index is 0.000916. The molecule has 0 aliphatic carbocycles. The predicted molar refractivity (Wildman–Crippen MR) is 106 cm³/mol. The minimum atomic E-state index is -1.28. The molecule has 0 aliphatic rings. The second-order valence-electron chi connectivity index (χ2n) is 6.43. The summed E-state index contributed by atoms with van der Waals surface area (Å²) in [7, 11) is 0. The van der Waals surface area contributed by atoms with Gasteiger partial charge in [0, 0.05) is 24.1 Å². The number of benzene rings is 1. The first-order chi connectivity index (χ1) is 14.3. The average molecular weight is 411 g/mol. The van der Waals surface area contributed by atoms with Crippen LogP contribution in [0.25, 0.3) is 22.2 Å². The van der Waals surface area contributed by atoms with Gasteiger partial charge < -0.3 is 10.4 Å². The number of hydrazine groups is 1. The maximum absolute atomic E-state index is 14.0. The van der Waals surface area contributed by atoms with E-state index in [-0.39, 0.29) is 27.7 Å². The van der Waals surface area contributed by atoms with Gasteiger partial charge in [0.05, 0.1) is 28.5 Å². The van der Waals surface area contributed by atoms with Crippen LogP contribution in [0.1, 0.15) is 35.9 Å². The summed E-state index contributed by atoms with van der Waals surface area (Å²) in [5.41, 5.74) is 5.53. The van der Waals surface area contributed by atoms with Gasteiger partial charge in [0.25, 0.3) is 5.91 Å². The van der Waals surface area contributed by atoms with Gasteiger partial charge in [-0.1, -0.05) is 6.07 Å². The zero-order valence-corrected chi connectivity index (χ0v) is 16.1. The number of hydrogen-bond donors (Lipinski definition) is 4. The molecule has 2 aromatic heterocycles. The molecule has 0 saturated heterocycles. The molecule has 0 bridgehead atoms. The molecule has 0 aliphatic heterocycles. The van der Waals surface area contributed by atoms with E-state index < -0.39 is 29.8 Å². The molecule has 1 aromatic carbocycles. The lowest BCUT2D eigenvalue weighted by Crippen LogP contribution is -2.40. The molecule has 9 nitrogen and oxygen atoms in total. The Balaban J connectivity index is 2.36. The fourth-order valence-corrected chi connectivity index (χ4v) is 3.03. The summed E-state index contributed by atoms with van der Waals surface area (Å²) in [6.07, 6.45) is 0.222. The van der Waals surface area contributed by atoms with Crippen molar-refractivity contribution < 1.29 is 23.9 Å². The van der Waals surface area contributed by atoms with Crippen LogP contribution in [0.3, 0.4) is 0 Å². The maximum Gasteiger partial charge on any atom is 0.405 e. The first-order valence-electron chi connectivity index (χ1n) is 8.89. The van der Waals surface area contributed by atoms with Gasteiger partial charge in [-0.3, -0.25) is 25.4 Å². The molecule has 3 amide bonds. The molecule has 1 unspecified atom stereocenters. The van der Waals surface area contributed by atoms with Crippen LogP contribution in [0.4, 0.5) is 9.18 Å². The molecular weight excluding hydrogens is 393 g/mol. The number of hydrogen-bond acceptors (Lipinski definition) is 5. The highest BCUT2D eigenvalue weighted by molar-refractivity contribution is 6.12. The number of rotatable bonds is 4. The normalized spacial score (nSPS) is 11.6. The van der Waals surface area contributed by atoms with E-state index >= 15 is 0 Å². The van der Waals surface area contributed by atoms with Crippen LogP contribution in [0.15, 0.2) is 42.6 Å². The monoisotopic (exact) mass is 411 g/mol. The lowest BCUT2D eigenvalue weighted by atomic mass is 9.94. The van der Waals surface area contributed by atoms with Crippen molar-refractivity contribution in [1.82, 2.24) is 26.1 Å². The summed E-state index contributed by atoms with van der Waals surface area (Å²) in [5, 5.41) is 11.6. The molecule has 1 atom stereocenters. The Morgan fingerprint density at radius 1 is 1.13 bits per heavy atom. The predicted octanol–water partition coefficient (Wildman–Crippen LogP) is 2.55. The number of halogens is 1. The summed E-state index contributed by atoms with van der Waals surface area (Å²) in [6.45, 7) is 2.78. The summed E-state index contributed by atoms with van der Waals surface area (Å²) < 4.78 is 14.0. The van der Waals surface area contributed by atoms with Crippen molar-refractivity contribution in [2.24, 2.45) is 0 Å². The molecule has 0 fully saturated rings. The van der Waals surface area contributed by atoms with Crippen LogP contribution in [0.2, 0.25) is 0 Å². The van der Waals surface area contributed by atoms with E-state index in [1.165, 1.54) is 25.3 Å². The Kier molecular flexibility index (Phi) is 5.86. The summed E-state index contributed by atoms with van der Waals surface area (Å²) in [4.78, 5) is 44.2. The highest BCUT2D eigenvalue weighted by atomic mass is 19.1. The lowest BCUT2D eigenvalue weighted by molar-refractivity contribution is -0.119. The largest absolute Gasteiger partial charge is 0.465 e. The van der Waals surface area contributed by atoms with Gasteiger partial charge in [-0.15, -0.1) is 0 Å². The smallest absolute Gasteiger partial charge is 0.405 e. The first kappa shape index (κ1) is 20.6. The molecule has 154 valence electrons. The van der Waals surface area contributed by atoms with E-state index in [0.717, 1.165) is 6.07 Å². The Morgan fingerprint density at radius 3 is 2.53 bits per heavy atom. The summed E-state index contributed by atoms with van der Waals surface area (Å²) in [5.74, 6) is -1.82. The highest BCUT2D eigenvalue weighted by Crippen LogP contribution is 2.34. The molecule has 0 radical (unpaired) electrons. The minimum Gasteiger partial charge on any atom is -0.465 e. The standard InChI is InChI=1S/C20H18FN5O4/c1-10(23-20(29)30)18-17(15-5-3-4-8-22-15)16(19(28)26-25-11(2)27)13-9-12(21)6-7-14(13)24-18/h3-10,23H,1-2H3,(H,25,27)(H,26,28)(H,29,30). The number of carboxylic acid groups (broad SMARTS) is 1. The number of nitrogens with one attached hydrogen (secondary N) is 3. The summed E-state index contributed by atoms with van der Waals surface area (Å²) >= 11 is 0. The zero-order chi connectivity index (χ0) is 21.8. The zero-order valence-electron chi connectivity index (χ0n) is 16.1. The van der Waals surface area contributed by atoms with E-state index in [4.69, 9.17) is 5.11 Å². The van der Waals surface area contributed by atoms with Gasteiger partial charge in [0.1, 0.15) is 5.82 Å². The molecular formula is C20H18FN5O4. The van der Waals surface area contributed by atoms with E-state index in [1.54, 1.807) is 25.1 Å². The third-order valence-corrected chi connectivity index (χ3v) is 4.23. The van der Waals surface area contributed by atoms with Crippen LogP contribution in [0, 0.1) is 5.82 Å². The molecule has 30 heavy (non-hydrogen) atoms. The number of amides is 3. The van der Waals surface area contributed by atoms with Crippen LogP contribution in [-0.4, -0.2) is 33.0 Å². The van der Waals surface area contributed by atoms with Crippen LogP contribution < -0.4 is 16.2 Å². The Bertz CT molecular complexity index is 1140. The number of nitrogens with zero attached hydrogens (tertiary/aromatic N) is 2. The van der Waals surface area contributed by atoms with Gasteiger partial charge in [-0.2, -0.15) is 0 Å². The topological polar surface area (TPSA) is 133 Å². The summed E-state index contributed by atoms with van der Waals surface area (Å²) in [6, 6.07) is 7.88. The van der Waals surface area contributed by atoms with Crippen LogP contribution in [0.5, 0.6) is 0 Å². The van der Waals surface area contributed by atoms with Crippen molar-refractivity contribution in [1.29, 1.82) is 0 Å². The van der Waals surface area contributed by atoms with Gasteiger partial charge in [-0.25, -0.2) is 14.2 Å². The fraction of sp³-hybridized carbons (Fsp3) is 0.150. The maximum atomic E-state index is 14.0. The lowest BCUT2D eigenvalue weighted by Gasteiger charge is -2.20. The van der Waals surface area contributed by atoms with Crippen molar-refractivity contribution in [2.45, 2.75) is 19.9 Å². The van der Waals surface area contributed by atoms with Crippen molar-refractivity contribution >= 4 is 28.8 Å². The number of aromatic nitrogens is 2. The van der Waals surface area contributed by atoms with E-state index in [0.29, 0.717) is 5.69 Å². The second kappa shape index (κ2) is 8.52. The van der Waals surface area contributed by atoms with E-state index in [2.05, 4.69) is 26.1 Å². The second-order valence-corrected chi connectivity index (χ2v) is 6.43. The molecule has 10 heteroatoms. The number of pyridine rings is 2. The van der Waals surface area contributed by atoms with E-state index in [9.17, 15) is 18.8 Å². The van der Waals surface area contributed by atoms with Gasteiger partial charge in [0.2, 0.25) is 5.91 Å². The van der Waals surface area contributed by atoms with Gasteiger partial charge >= 0.3 is 6.09 Å². The Morgan fingerprint density at radius 2 is 1.90 bits per heavy atom. The third-order valence-electron chi connectivity index (χ3n) is 4.23. The molecule has 0 saturated carbocycles. The quantitative estimate of drug-likeness (QED) is 0.488. The first-order valence-corrected chi connectivity index (χ1v) is 8.89. The fourth-order valence-electron chi connectivity index (χ4n) is 3.03. The van der Waals surface area contributed by atoms with Crippen molar-refractivity contribution in [3.05, 3.63) is 59.7 Å². The van der Waals surface area contributed by atoms with Crippen LogP contribution in [-0.2, 0) is 4.79 Å². The third kappa shape index (κ3) is 4.32. The molecule has 2 heterocycles. The number of carbonyl (C=O) groups excluding carboxylic acids is 2.